The van der Waals surface area contributed by atoms with Gasteiger partial charge in [0.25, 0.3) is 0 Å². The Balaban J connectivity index is 0.000000252. The van der Waals surface area contributed by atoms with E-state index >= 15 is 0 Å². The van der Waals surface area contributed by atoms with E-state index in [0.29, 0.717) is 35.1 Å². The summed E-state index contributed by atoms with van der Waals surface area (Å²) in [5.74, 6) is -5.94. The minimum absolute atomic E-state index is 0.314. The third kappa shape index (κ3) is 17.0. The first-order chi connectivity index (χ1) is 29.7. The molecule has 6 rings (SSSR count). The van der Waals surface area contributed by atoms with Crippen LogP contribution in [-0.4, -0.2) is 37.3 Å². The van der Waals surface area contributed by atoms with Gasteiger partial charge in [0, 0.05) is 0 Å². The van der Waals surface area contributed by atoms with E-state index in [1.165, 1.54) is 88.1 Å². The molecule has 2 saturated carbocycles. The standard InChI is InChI=1S/C21H23F3.C16H21F3O3S.C6H4BF3O2.C2H8P2/c1-2-3-14-4-6-15(7-5-14)16-8-10-17(11-9-16)18-12-19(22)21(24)20(23)13-18;1-2-3-12-4-6-13(7-5-12)14-8-10-15(11-9-14)22-23(20,21)16(17,18)19;8-4-1-3(7(11)12)2-5(9)6(4)10;1-2-4-3/h8-15H,2-7H2,1H3;8-13H,2-7H2,1H3;1-2,11-12H;4H,2-3H2,1H3. The summed E-state index contributed by atoms with van der Waals surface area (Å²) in [7, 11) is -3.87. The molecule has 4 aromatic rings. The van der Waals surface area contributed by atoms with Crippen LogP contribution in [0, 0.1) is 46.7 Å². The summed E-state index contributed by atoms with van der Waals surface area (Å²) in [6.07, 6.45) is 15.8. The van der Waals surface area contributed by atoms with Gasteiger partial charge in [0.1, 0.15) is 5.75 Å². The maximum atomic E-state index is 13.4. The summed E-state index contributed by atoms with van der Waals surface area (Å²) >= 11 is 0. The number of hydrogen-bond donors (Lipinski definition) is 2. The molecular weight excluding hydrogens is 896 g/mol. The molecule has 5 nitrogen and oxygen atoms in total. The van der Waals surface area contributed by atoms with E-state index < -0.39 is 63.1 Å². The van der Waals surface area contributed by atoms with Crippen molar-refractivity contribution in [3.05, 3.63) is 119 Å². The zero-order valence-corrected chi connectivity index (χ0v) is 38.5. The largest absolute Gasteiger partial charge is 0.534 e. The number of alkyl halides is 3. The second-order valence-electron chi connectivity index (χ2n) is 15.7. The van der Waals surface area contributed by atoms with E-state index in [1.807, 2.05) is 24.3 Å². The predicted octanol–water partition coefficient (Wildman–Crippen LogP) is 13.1. The van der Waals surface area contributed by atoms with Crippen LogP contribution in [0.5, 0.6) is 5.75 Å². The van der Waals surface area contributed by atoms with Gasteiger partial charge in [0.2, 0.25) is 0 Å². The highest BCUT2D eigenvalue weighted by Crippen LogP contribution is 2.39. The van der Waals surface area contributed by atoms with Gasteiger partial charge in [-0.2, -0.15) is 21.6 Å². The van der Waals surface area contributed by atoms with E-state index in [2.05, 4.69) is 33.9 Å². The molecule has 18 heteroatoms. The Kier molecular flexibility index (Phi) is 22.5. The van der Waals surface area contributed by atoms with Crippen LogP contribution in [0.4, 0.5) is 39.5 Å². The van der Waals surface area contributed by atoms with Gasteiger partial charge < -0.3 is 14.2 Å². The third-order valence-electron chi connectivity index (χ3n) is 11.1. The van der Waals surface area contributed by atoms with Crippen molar-refractivity contribution in [2.75, 3.05) is 6.16 Å². The zero-order valence-electron chi connectivity index (χ0n) is 35.5. The van der Waals surface area contributed by atoms with Crippen LogP contribution in [-0.2, 0) is 10.1 Å². The van der Waals surface area contributed by atoms with Crippen molar-refractivity contribution in [3.63, 3.8) is 0 Å². The van der Waals surface area contributed by atoms with Gasteiger partial charge in [0.05, 0.1) is 0 Å². The normalized spacial score (nSPS) is 18.9. The van der Waals surface area contributed by atoms with Gasteiger partial charge >= 0.3 is 22.7 Å². The van der Waals surface area contributed by atoms with E-state index in [4.69, 9.17) is 10.0 Å². The minimum Gasteiger partial charge on any atom is -0.423 e. The molecule has 2 aliphatic carbocycles. The first-order valence-electron chi connectivity index (χ1n) is 21.0. The van der Waals surface area contributed by atoms with Crippen LogP contribution in [0.2, 0.25) is 0 Å². The highest BCUT2D eigenvalue weighted by molar-refractivity contribution is 8.02. The number of halogens is 9. The first kappa shape index (κ1) is 54.2. The Bertz CT molecular complexity index is 2050. The van der Waals surface area contributed by atoms with Crippen molar-refractivity contribution >= 4 is 39.9 Å². The average molecular weight is 953 g/mol. The van der Waals surface area contributed by atoms with Crippen LogP contribution in [0.3, 0.4) is 0 Å². The maximum absolute atomic E-state index is 13.4. The van der Waals surface area contributed by atoms with Crippen molar-refractivity contribution in [1.82, 2.24) is 0 Å². The average Bonchev–Trinajstić information content (AvgIpc) is 3.25. The van der Waals surface area contributed by atoms with Gasteiger partial charge in [-0.05, 0) is 145 Å². The van der Waals surface area contributed by atoms with Gasteiger partial charge in [-0.1, -0.05) is 82.9 Å². The van der Waals surface area contributed by atoms with Crippen LogP contribution in [0.15, 0.2) is 72.8 Å². The molecule has 2 N–H and O–H groups in total. The van der Waals surface area contributed by atoms with Crippen molar-refractivity contribution in [2.24, 2.45) is 11.8 Å². The lowest BCUT2D eigenvalue weighted by atomic mass is 9.77. The van der Waals surface area contributed by atoms with Gasteiger partial charge in [-0.3, -0.25) is 0 Å². The Hall–Kier alpha value is -3.16. The monoisotopic (exact) mass is 952 g/mol. The Morgan fingerprint density at radius 2 is 1.00 bits per heavy atom. The molecule has 4 aromatic carbocycles. The molecular formula is C45H56BF9O5P2S. The van der Waals surface area contributed by atoms with Crippen LogP contribution < -0.4 is 9.65 Å². The van der Waals surface area contributed by atoms with E-state index in [9.17, 15) is 47.9 Å². The fourth-order valence-corrected chi connectivity index (χ4v) is 8.21. The predicted molar refractivity (Wildman–Crippen MR) is 238 cm³/mol. The molecule has 2 atom stereocenters. The summed E-state index contributed by atoms with van der Waals surface area (Å²) in [5, 5.41) is 16.9. The lowest BCUT2D eigenvalue weighted by Gasteiger charge is -2.28. The summed E-state index contributed by atoms with van der Waals surface area (Å²) in [5.41, 5.74) is -2.45. The third-order valence-corrected chi connectivity index (χ3v) is 13.7. The molecule has 348 valence electrons. The van der Waals surface area contributed by atoms with Crippen LogP contribution >= 0.6 is 17.2 Å². The zero-order chi connectivity index (χ0) is 46.9. The smallest absolute Gasteiger partial charge is 0.423 e. The molecule has 0 saturated heterocycles. The lowest BCUT2D eigenvalue weighted by molar-refractivity contribution is -0.0500. The highest BCUT2D eigenvalue weighted by Gasteiger charge is 2.48. The lowest BCUT2D eigenvalue weighted by Crippen LogP contribution is -2.30. The van der Waals surface area contributed by atoms with Gasteiger partial charge in [-0.15, -0.1) is 17.2 Å². The van der Waals surface area contributed by atoms with Crippen molar-refractivity contribution < 1.29 is 62.2 Å². The fraction of sp³-hybridized carbons (Fsp3) is 0.467. The van der Waals surface area contributed by atoms with Gasteiger partial charge in [-0.25, -0.2) is 26.3 Å². The topological polar surface area (TPSA) is 83.8 Å². The summed E-state index contributed by atoms with van der Waals surface area (Å²) in [4.78, 5) is 0. The SMILES string of the molecule is CCCC1CCC(c2ccc(-c3cc(F)c(F)c(F)c3)cc2)CC1.CCCC1CCC(c2ccc(OS(=O)(=O)C(F)(F)F)cc2)CC1.CCPP.OB(O)c1cc(F)c(F)c(F)c1. The van der Waals surface area contributed by atoms with Crippen LogP contribution in [0.25, 0.3) is 11.1 Å². The Morgan fingerprint density at radius 3 is 1.33 bits per heavy atom. The van der Waals surface area contributed by atoms with E-state index in [-0.39, 0.29) is 5.75 Å². The second kappa shape index (κ2) is 26.1. The molecule has 0 aliphatic heterocycles. The molecule has 0 aromatic heterocycles. The molecule has 0 amide bonds. The molecule has 2 fully saturated rings. The molecule has 2 aliphatic rings. The van der Waals surface area contributed by atoms with E-state index in [1.54, 1.807) is 12.1 Å². The Labute approximate surface area is 369 Å². The fourth-order valence-electron chi connectivity index (χ4n) is 7.75. The quantitative estimate of drug-likeness (QED) is 0.0391. The van der Waals surface area contributed by atoms with Crippen molar-refractivity contribution in [3.8, 4) is 16.9 Å². The first-order valence-corrected chi connectivity index (χ1v) is 25.5. The maximum Gasteiger partial charge on any atom is 0.534 e. The number of benzene rings is 4. The van der Waals surface area contributed by atoms with Crippen molar-refractivity contribution in [2.45, 2.75) is 115 Å². The summed E-state index contributed by atoms with van der Waals surface area (Å²) in [6.45, 7) is 6.59. The highest BCUT2D eigenvalue weighted by atomic mass is 32.2. The van der Waals surface area contributed by atoms with E-state index in [0.717, 1.165) is 50.6 Å². The molecule has 0 heterocycles. The Morgan fingerprint density at radius 1 is 0.635 bits per heavy atom. The summed E-state index contributed by atoms with van der Waals surface area (Å²) in [6, 6.07) is 16.8. The molecule has 0 bridgehead atoms. The number of hydrogen-bond acceptors (Lipinski definition) is 5. The van der Waals surface area contributed by atoms with Crippen molar-refractivity contribution in [1.29, 1.82) is 0 Å². The molecule has 63 heavy (non-hydrogen) atoms. The molecule has 0 spiro atoms. The molecule has 0 radical (unpaired) electrons. The summed E-state index contributed by atoms with van der Waals surface area (Å²) < 4.78 is 140. The minimum atomic E-state index is -5.60. The molecule has 2 unspecified atom stereocenters. The van der Waals surface area contributed by atoms with Gasteiger partial charge in [0.15, 0.2) is 34.9 Å². The van der Waals surface area contributed by atoms with Crippen LogP contribution in [0.1, 0.15) is 121 Å². The second-order valence-corrected chi connectivity index (χ2v) is 19.5. The number of rotatable bonds is 11.